The number of halogens is 1. The first-order valence-corrected chi connectivity index (χ1v) is 11.7. The molecule has 1 amide bonds. The van der Waals surface area contributed by atoms with Gasteiger partial charge in [0.15, 0.2) is 0 Å². The molecule has 0 bridgehead atoms. The number of anilines is 1. The Morgan fingerprint density at radius 3 is 2.16 bits per heavy atom. The monoisotopic (exact) mass is 456 g/mol. The van der Waals surface area contributed by atoms with E-state index in [1.165, 1.54) is 28.6 Å². The van der Waals surface area contributed by atoms with E-state index in [4.69, 9.17) is 4.74 Å². The fourth-order valence-electron chi connectivity index (χ4n) is 3.31. The van der Waals surface area contributed by atoms with Gasteiger partial charge < -0.3 is 9.64 Å². The summed E-state index contributed by atoms with van der Waals surface area (Å²) in [5.74, 6) is 0.110. The first kappa shape index (κ1) is 23.3. The van der Waals surface area contributed by atoms with E-state index in [0.29, 0.717) is 29.1 Å². The molecule has 0 aliphatic carbocycles. The molecule has 0 N–H and O–H groups in total. The van der Waals surface area contributed by atoms with Gasteiger partial charge in [-0.15, -0.1) is 0 Å². The lowest BCUT2D eigenvalue weighted by atomic mass is 10.1. The van der Waals surface area contributed by atoms with Gasteiger partial charge in [-0.1, -0.05) is 30.3 Å². The van der Waals surface area contributed by atoms with Gasteiger partial charge in [-0.05, 0) is 48.0 Å². The summed E-state index contributed by atoms with van der Waals surface area (Å²) in [6, 6.07) is 19.5. The van der Waals surface area contributed by atoms with Gasteiger partial charge in [-0.25, -0.2) is 12.8 Å². The number of hydrogen-bond acceptors (Lipinski definition) is 4. The minimum absolute atomic E-state index is 0.0557. The Labute approximate surface area is 187 Å². The molecule has 0 aliphatic rings. The Balaban J connectivity index is 1.78. The molecule has 0 aromatic heterocycles. The van der Waals surface area contributed by atoms with Gasteiger partial charge in [0.1, 0.15) is 11.6 Å². The summed E-state index contributed by atoms with van der Waals surface area (Å²) in [5.41, 5.74) is 2.38. The molecule has 3 rings (SSSR count). The summed E-state index contributed by atoms with van der Waals surface area (Å²) in [5, 5.41) is 0. The van der Waals surface area contributed by atoms with Crippen LogP contribution in [0.2, 0.25) is 0 Å². The predicted octanol–water partition coefficient (Wildman–Crippen LogP) is 4.07. The highest BCUT2D eigenvalue weighted by atomic mass is 32.2. The molecule has 0 saturated heterocycles. The minimum Gasteiger partial charge on any atom is -0.496 e. The molecule has 0 spiro atoms. The number of nitrogens with zero attached hydrogens (tertiary/aromatic N) is 2. The van der Waals surface area contributed by atoms with Gasteiger partial charge in [0, 0.05) is 24.7 Å². The van der Waals surface area contributed by atoms with Crippen molar-refractivity contribution in [2.75, 3.05) is 24.7 Å². The maximum atomic E-state index is 13.2. The number of methoxy groups -OCH3 is 1. The standard InChI is InChI=1S/C24H25FN2O4S/c1-26(17-20-6-4-5-7-23(20)31-2)24(28)19-10-14-22(15-11-19)27(32(3,29)30)16-18-8-12-21(25)13-9-18/h4-15H,16-17H2,1-3H3. The third-order valence-electron chi connectivity index (χ3n) is 4.99. The number of amides is 1. The number of benzene rings is 3. The van der Waals surface area contributed by atoms with Crippen molar-refractivity contribution in [1.82, 2.24) is 4.90 Å². The van der Waals surface area contributed by atoms with E-state index in [1.807, 2.05) is 24.3 Å². The molecule has 8 heteroatoms. The highest BCUT2D eigenvalue weighted by molar-refractivity contribution is 7.92. The lowest BCUT2D eigenvalue weighted by Crippen LogP contribution is -2.29. The number of para-hydroxylation sites is 1. The van der Waals surface area contributed by atoms with Crippen LogP contribution < -0.4 is 9.04 Å². The third kappa shape index (κ3) is 5.64. The number of hydrogen-bond donors (Lipinski definition) is 0. The Morgan fingerprint density at radius 2 is 1.56 bits per heavy atom. The van der Waals surface area contributed by atoms with Crippen molar-refractivity contribution in [3.8, 4) is 5.75 Å². The maximum Gasteiger partial charge on any atom is 0.253 e. The second-order valence-electron chi connectivity index (χ2n) is 7.42. The van der Waals surface area contributed by atoms with Crippen molar-refractivity contribution < 1.29 is 22.3 Å². The molecule has 0 aliphatic heterocycles. The first-order chi connectivity index (χ1) is 15.2. The van der Waals surface area contributed by atoms with Crippen LogP contribution in [0, 0.1) is 5.82 Å². The first-order valence-electron chi connectivity index (χ1n) is 9.88. The van der Waals surface area contributed by atoms with Gasteiger partial charge in [-0.2, -0.15) is 0 Å². The molecule has 0 heterocycles. The Morgan fingerprint density at radius 1 is 0.938 bits per heavy atom. The largest absolute Gasteiger partial charge is 0.496 e. The SMILES string of the molecule is COc1ccccc1CN(C)C(=O)c1ccc(N(Cc2ccc(F)cc2)S(C)(=O)=O)cc1. The number of rotatable bonds is 8. The van der Waals surface area contributed by atoms with Gasteiger partial charge >= 0.3 is 0 Å². The van der Waals surface area contributed by atoms with Crippen LogP contribution in [0.4, 0.5) is 10.1 Å². The molecule has 0 atom stereocenters. The summed E-state index contributed by atoms with van der Waals surface area (Å²) < 4.78 is 44.4. The highest BCUT2D eigenvalue weighted by Crippen LogP contribution is 2.23. The minimum atomic E-state index is -3.59. The smallest absolute Gasteiger partial charge is 0.253 e. The van der Waals surface area contributed by atoms with Gasteiger partial charge in [-0.3, -0.25) is 9.10 Å². The molecule has 0 saturated carbocycles. The Hall–Kier alpha value is -3.39. The fourth-order valence-corrected chi connectivity index (χ4v) is 4.20. The predicted molar refractivity (Wildman–Crippen MR) is 123 cm³/mol. The second kappa shape index (κ2) is 9.82. The molecule has 0 radical (unpaired) electrons. The average Bonchev–Trinajstić information content (AvgIpc) is 2.78. The van der Waals surface area contributed by atoms with Crippen LogP contribution in [-0.4, -0.2) is 39.6 Å². The van der Waals surface area contributed by atoms with Crippen LogP contribution in [-0.2, 0) is 23.1 Å². The van der Waals surface area contributed by atoms with E-state index in [2.05, 4.69) is 0 Å². The van der Waals surface area contributed by atoms with Crippen LogP contribution in [0.25, 0.3) is 0 Å². The summed E-state index contributed by atoms with van der Waals surface area (Å²) in [7, 11) is -0.317. The van der Waals surface area contributed by atoms with Crippen molar-refractivity contribution >= 4 is 21.6 Å². The molecule has 6 nitrogen and oxygen atoms in total. The van der Waals surface area contributed by atoms with Crippen LogP contribution in [0.15, 0.2) is 72.8 Å². The lowest BCUT2D eigenvalue weighted by Gasteiger charge is -2.23. The maximum absolute atomic E-state index is 13.2. The van der Waals surface area contributed by atoms with Gasteiger partial charge in [0.25, 0.3) is 5.91 Å². The Kier molecular flexibility index (Phi) is 7.15. The van der Waals surface area contributed by atoms with Gasteiger partial charge in [0.2, 0.25) is 10.0 Å². The zero-order valence-corrected chi connectivity index (χ0v) is 19.0. The zero-order valence-electron chi connectivity index (χ0n) is 18.2. The molecule has 3 aromatic carbocycles. The fraction of sp³-hybridized carbons (Fsp3) is 0.208. The van der Waals surface area contributed by atoms with Crippen LogP contribution in [0.5, 0.6) is 5.75 Å². The number of ether oxygens (including phenoxy) is 1. The topological polar surface area (TPSA) is 66.9 Å². The van der Waals surface area contributed by atoms with Crippen LogP contribution in [0.3, 0.4) is 0 Å². The van der Waals surface area contributed by atoms with Crippen molar-refractivity contribution in [2.45, 2.75) is 13.1 Å². The third-order valence-corrected chi connectivity index (χ3v) is 6.13. The molecule has 0 fully saturated rings. The van der Waals surface area contributed by atoms with Crippen LogP contribution >= 0.6 is 0 Å². The quantitative estimate of drug-likeness (QED) is 0.513. The van der Waals surface area contributed by atoms with E-state index in [1.54, 1.807) is 43.3 Å². The molecular formula is C24H25FN2O4S. The molecule has 168 valence electrons. The summed E-state index contributed by atoms with van der Waals surface area (Å²) in [4.78, 5) is 14.4. The van der Waals surface area contributed by atoms with Gasteiger partial charge in [0.05, 0.1) is 25.6 Å². The van der Waals surface area contributed by atoms with E-state index in [-0.39, 0.29) is 18.3 Å². The van der Waals surface area contributed by atoms with Crippen molar-refractivity contribution in [3.05, 3.63) is 95.3 Å². The molecular weight excluding hydrogens is 431 g/mol. The molecule has 3 aromatic rings. The second-order valence-corrected chi connectivity index (χ2v) is 9.32. The van der Waals surface area contributed by atoms with Crippen LogP contribution in [0.1, 0.15) is 21.5 Å². The van der Waals surface area contributed by atoms with E-state index >= 15 is 0 Å². The van der Waals surface area contributed by atoms with Crippen molar-refractivity contribution in [1.29, 1.82) is 0 Å². The highest BCUT2D eigenvalue weighted by Gasteiger charge is 2.19. The normalized spacial score (nSPS) is 11.1. The van der Waals surface area contributed by atoms with Crippen molar-refractivity contribution in [3.63, 3.8) is 0 Å². The molecule has 0 unspecified atom stereocenters. The summed E-state index contributed by atoms with van der Waals surface area (Å²) in [6.07, 6.45) is 1.11. The molecule has 32 heavy (non-hydrogen) atoms. The summed E-state index contributed by atoms with van der Waals surface area (Å²) >= 11 is 0. The van der Waals surface area contributed by atoms with Crippen molar-refractivity contribution in [2.24, 2.45) is 0 Å². The number of carbonyl (C=O) groups is 1. The number of sulfonamides is 1. The lowest BCUT2D eigenvalue weighted by molar-refractivity contribution is 0.0784. The average molecular weight is 457 g/mol. The van der Waals surface area contributed by atoms with E-state index < -0.39 is 10.0 Å². The van der Waals surface area contributed by atoms with E-state index in [0.717, 1.165) is 11.8 Å². The zero-order chi connectivity index (χ0) is 23.3. The van der Waals surface area contributed by atoms with E-state index in [9.17, 15) is 17.6 Å². The summed E-state index contributed by atoms with van der Waals surface area (Å²) in [6.45, 7) is 0.421. The Bertz CT molecular complexity index is 1180. The number of carbonyl (C=O) groups excluding carboxylic acids is 1.